The molecule has 2 heterocycles. The van der Waals surface area contributed by atoms with E-state index in [0.29, 0.717) is 10.4 Å². The summed E-state index contributed by atoms with van der Waals surface area (Å²) in [5.41, 5.74) is 3.80. The van der Waals surface area contributed by atoms with E-state index in [4.69, 9.17) is 4.98 Å². The van der Waals surface area contributed by atoms with Crippen LogP contribution in [-0.4, -0.2) is 32.5 Å². The fourth-order valence-corrected chi connectivity index (χ4v) is 5.13. The molecule has 0 spiro atoms. The maximum Gasteiger partial charge on any atom is 0.272 e. The highest BCUT2D eigenvalue weighted by molar-refractivity contribution is 8.00. The van der Waals surface area contributed by atoms with Crippen LogP contribution in [0.4, 0.5) is 0 Å². The van der Waals surface area contributed by atoms with Gasteiger partial charge in [0.1, 0.15) is 0 Å². The molecule has 27 heavy (non-hydrogen) atoms. The van der Waals surface area contributed by atoms with E-state index >= 15 is 0 Å². The fraction of sp³-hybridized carbons (Fsp3) is 0.450. The number of nitrogens with zero attached hydrogens (tertiary/aromatic N) is 2. The second-order valence-electron chi connectivity index (χ2n) is 7.30. The number of hydrogen-bond donors (Lipinski definition) is 1. The van der Waals surface area contributed by atoms with Crippen molar-refractivity contribution in [1.29, 1.82) is 0 Å². The predicted molar refractivity (Wildman–Crippen MR) is 112 cm³/mol. The molecule has 3 rings (SSSR count). The van der Waals surface area contributed by atoms with Gasteiger partial charge in [0.2, 0.25) is 5.91 Å². The summed E-state index contributed by atoms with van der Waals surface area (Å²) in [5, 5.41) is 3.81. The van der Waals surface area contributed by atoms with Crippen LogP contribution in [0.25, 0.3) is 5.69 Å². The third kappa shape index (κ3) is 4.58. The maximum absolute atomic E-state index is 13.3. The van der Waals surface area contributed by atoms with Crippen molar-refractivity contribution in [2.75, 3.05) is 5.75 Å². The highest BCUT2D eigenvalue weighted by Crippen LogP contribution is 2.35. The Bertz CT molecular complexity index is 917. The minimum absolute atomic E-state index is 0.0360. The smallest absolute Gasteiger partial charge is 0.272 e. The lowest BCUT2D eigenvalue weighted by molar-refractivity contribution is -0.119. The number of rotatable bonds is 5. The monoisotopic (exact) mass is 403 g/mol. The van der Waals surface area contributed by atoms with Crippen molar-refractivity contribution in [1.82, 2.24) is 14.9 Å². The Labute approximate surface area is 168 Å². The third-order valence-electron chi connectivity index (χ3n) is 4.13. The molecule has 1 aliphatic heterocycles. The summed E-state index contributed by atoms with van der Waals surface area (Å²) in [4.78, 5) is 30.9. The second kappa shape index (κ2) is 8.10. The van der Waals surface area contributed by atoms with E-state index in [-0.39, 0.29) is 23.3 Å². The lowest BCUT2D eigenvalue weighted by Crippen LogP contribution is -2.32. The van der Waals surface area contributed by atoms with Gasteiger partial charge in [-0.05, 0) is 51.0 Å². The first-order chi connectivity index (χ1) is 12.7. The molecule has 0 saturated heterocycles. The number of carbonyl (C=O) groups is 1. The topological polar surface area (TPSA) is 64.0 Å². The molecule has 7 heteroatoms. The molecule has 1 N–H and O–H groups in total. The first-order valence-corrected chi connectivity index (χ1v) is 10.9. The molecule has 5 nitrogen and oxygen atoms in total. The summed E-state index contributed by atoms with van der Waals surface area (Å²) >= 11 is 2.91. The van der Waals surface area contributed by atoms with Gasteiger partial charge in [0.25, 0.3) is 5.56 Å². The molecule has 0 aliphatic carbocycles. The zero-order chi connectivity index (χ0) is 19.7. The zero-order valence-electron chi connectivity index (χ0n) is 16.3. The molecule has 0 radical (unpaired) electrons. The van der Waals surface area contributed by atoms with E-state index in [9.17, 15) is 9.59 Å². The van der Waals surface area contributed by atoms with E-state index in [1.54, 1.807) is 16.3 Å². The molecule has 1 aromatic carbocycles. The summed E-state index contributed by atoms with van der Waals surface area (Å²) in [6.45, 7) is 10.0. The van der Waals surface area contributed by atoms with E-state index in [0.717, 1.165) is 33.8 Å². The molecule has 1 aromatic heterocycles. The van der Waals surface area contributed by atoms with Crippen LogP contribution in [0.3, 0.4) is 0 Å². The van der Waals surface area contributed by atoms with E-state index in [1.165, 1.54) is 11.8 Å². The Hall–Kier alpha value is -1.73. The number of aryl methyl sites for hydroxylation is 2. The van der Waals surface area contributed by atoms with E-state index in [1.807, 2.05) is 39.8 Å². The van der Waals surface area contributed by atoms with Gasteiger partial charge in [0, 0.05) is 17.7 Å². The molecule has 0 fully saturated rings. The Kier molecular flexibility index (Phi) is 6.01. The average Bonchev–Trinajstić information content (AvgIpc) is 2.92. The van der Waals surface area contributed by atoms with Gasteiger partial charge in [-0.2, -0.15) is 0 Å². The maximum atomic E-state index is 13.3. The van der Waals surface area contributed by atoms with Crippen molar-refractivity contribution in [3.05, 3.63) is 45.4 Å². The minimum atomic E-state index is -0.0561. The van der Waals surface area contributed by atoms with Crippen molar-refractivity contribution in [2.45, 2.75) is 62.4 Å². The predicted octanol–water partition coefficient (Wildman–Crippen LogP) is 3.50. The molecular formula is C20H25N3O2S2. The first-order valence-electron chi connectivity index (χ1n) is 9.08. The minimum Gasteiger partial charge on any atom is -0.353 e. The number of amides is 1. The first kappa shape index (κ1) is 20.0. The van der Waals surface area contributed by atoms with E-state index < -0.39 is 0 Å². The number of nitrogens with one attached hydrogen (secondary N) is 1. The number of fused-ring (bicyclic) bond motifs is 1. The van der Waals surface area contributed by atoms with Crippen LogP contribution in [0, 0.1) is 13.8 Å². The molecule has 0 bridgehead atoms. The van der Waals surface area contributed by atoms with Gasteiger partial charge in [-0.1, -0.05) is 24.8 Å². The van der Waals surface area contributed by atoms with E-state index in [2.05, 4.69) is 18.3 Å². The van der Waals surface area contributed by atoms with Crippen LogP contribution in [0.5, 0.6) is 0 Å². The van der Waals surface area contributed by atoms with Crippen molar-refractivity contribution in [3.63, 3.8) is 0 Å². The van der Waals surface area contributed by atoms with Crippen LogP contribution >= 0.6 is 23.5 Å². The van der Waals surface area contributed by atoms with Crippen molar-refractivity contribution in [2.24, 2.45) is 0 Å². The largest absolute Gasteiger partial charge is 0.353 e. The fourth-order valence-electron chi connectivity index (χ4n) is 3.20. The molecule has 144 valence electrons. The standard InChI is InChI=1S/C20H25N3O2S2/c1-11(2)21-17(24)10-26-20-22-16-9-14(5)27-18(16)19(25)23(20)15-7-12(3)6-13(4)8-15/h6-8,11,14H,9-10H2,1-5H3,(H,21,24). The summed E-state index contributed by atoms with van der Waals surface area (Å²) in [5.74, 6) is 0.177. The number of thioether (sulfide) groups is 2. The van der Waals surface area contributed by atoms with Gasteiger partial charge < -0.3 is 5.32 Å². The molecule has 1 aliphatic rings. The highest BCUT2D eigenvalue weighted by atomic mass is 32.2. The zero-order valence-corrected chi connectivity index (χ0v) is 18.0. The van der Waals surface area contributed by atoms with Crippen LogP contribution < -0.4 is 10.9 Å². The summed E-state index contributed by atoms with van der Waals surface area (Å²) in [6.07, 6.45) is 0.786. The van der Waals surface area contributed by atoms with Crippen molar-refractivity contribution < 1.29 is 4.79 Å². The highest BCUT2D eigenvalue weighted by Gasteiger charge is 2.27. The van der Waals surface area contributed by atoms with Gasteiger partial charge in [-0.15, -0.1) is 11.8 Å². The van der Waals surface area contributed by atoms with Gasteiger partial charge >= 0.3 is 0 Å². The average molecular weight is 404 g/mol. The van der Waals surface area contributed by atoms with Crippen LogP contribution in [0.2, 0.25) is 0 Å². The molecule has 0 saturated carbocycles. The summed E-state index contributed by atoms with van der Waals surface area (Å²) in [6, 6.07) is 6.15. The van der Waals surface area contributed by atoms with Crippen molar-refractivity contribution >= 4 is 29.4 Å². The Morgan fingerprint density at radius 1 is 1.33 bits per heavy atom. The lowest BCUT2D eigenvalue weighted by atomic mass is 10.1. The van der Waals surface area contributed by atoms with Crippen LogP contribution in [0.1, 0.15) is 37.6 Å². The summed E-state index contributed by atoms with van der Waals surface area (Å²) in [7, 11) is 0. The number of benzene rings is 1. The SMILES string of the molecule is Cc1cc(C)cc(-n2c(SCC(=O)NC(C)C)nc3c(c2=O)SC(C)C3)c1. The molecule has 2 aromatic rings. The van der Waals surface area contributed by atoms with Gasteiger partial charge in [0.05, 0.1) is 22.0 Å². The Morgan fingerprint density at radius 2 is 2.00 bits per heavy atom. The lowest BCUT2D eigenvalue weighted by Gasteiger charge is -2.15. The Morgan fingerprint density at radius 3 is 2.63 bits per heavy atom. The molecule has 1 atom stereocenters. The Balaban J connectivity index is 2.06. The number of aromatic nitrogens is 2. The third-order valence-corrected chi connectivity index (χ3v) is 6.28. The van der Waals surface area contributed by atoms with Crippen LogP contribution in [-0.2, 0) is 11.2 Å². The molecule has 1 unspecified atom stereocenters. The van der Waals surface area contributed by atoms with Gasteiger partial charge in [-0.3, -0.25) is 14.2 Å². The quantitative estimate of drug-likeness (QED) is 0.611. The normalized spacial score (nSPS) is 15.9. The van der Waals surface area contributed by atoms with Crippen LogP contribution in [0.15, 0.2) is 33.0 Å². The van der Waals surface area contributed by atoms with Crippen molar-refractivity contribution in [3.8, 4) is 5.69 Å². The number of carbonyl (C=O) groups excluding carboxylic acids is 1. The van der Waals surface area contributed by atoms with Gasteiger partial charge in [0.15, 0.2) is 5.16 Å². The van der Waals surface area contributed by atoms with Gasteiger partial charge in [-0.25, -0.2) is 4.98 Å². The molecular weight excluding hydrogens is 378 g/mol. The summed E-state index contributed by atoms with van der Waals surface area (Å²) < 4.78 is 1.66. The molecule has 1 amide bonds. The number of hydrogen-bond acceptors (Lipinski definition) is 5. The second-order valence-corrected chi connectivity index (χ2v) is 9.69.